The maximum Gasteiger partial charge on any atom is 0.247 e. The highest BCUT2D eigenvalue weighted by Crippen LogP contribution is 2.32. The number of ether oxygens (including phenoxy) is 2. The van der Waals surface area contributed by atoms with Crippen LogP contribution in [0.2, 0.25) is 0 Å². The Morgan fingerprint density at radius 2 is 2.45 bits per heavy atom. The topological polar surface area (TPSA) is 38.8 Å². The van der Waals surface area contributed by atoms with Crippen LogP contribution in [0.25, 0.3) is 6.08 Å². The van der Waals surface area contributed by atoms with Crippen LogP contribution in [0.1, 0.15) is 17.7 Å². The SMILES string of the molecule is CO[C@@H]1CC[C@@H]2[C@H]1OCCN2C(=O)/C=C/c1cccs1. The Morgan fingerprint density at radius 3 is 3.20 bits per heavy atom. The van der Waals surface area contributed by atoms with Gasteiger partial charge < -0.3 is 14.4 Å². The van der Waals surface area contributed by atoms with Crippen molar-refractivity contribution in [2.24, 2.45) is 0 Å². The Morgan fingerprint density at radius 1 is 1.55 bits per heavy atom. The summed E-state index contributed by atoms with van der Waals surface area (Å²) in [6.45, 7) is 1.27. The van der Waals surface area contributed by atoms with Gasteiger partial charge in [0, 0.05) is 24.6 Å². The number of hydrogen-bond donors (Lipinski definition) is 0. The van der Waals surface area contributed by atoms with E-state index in [0.717, 1.165) is 17.7 Å². The first-order valence-corrected chi connectivity index (χ1v) is 7.84. The third-order valence-corrected chi connectivity index (χ3v) is 4.89. The van der Waals surface area contributed by atoms with Gasteiger partial charge in [-0.3, -0.25) is 4.79 Å². The molecule has 0 unspecified atom stereocenters. The average molecular weight is 293 g/mol. The number of carbonyl (C=O) groups excluding carboxylic acids is 1. The second-order valence-corrected chi connectivity index (χ2v) is 6.11. The minimum absolute atomic E-state index is 0.0350. The molecule has 0 aromatic carbocycles. The molecule has 1 saturated heterocycles. The molecule has 3 atom stereocenters. The Balaban J connectivity index is 1.68. The predicted octanol–water partition coefficient (Wildman–Crippen LogP) is 2.17. The van der Waals surface area contributed by atoms with Gasteiger partial charge in [0.05, 0.1) is 18.8 Å². The van der Waals surface area contributed by atoms with Crippen molar-refractivity contribution in [2.75, 3.05) is 20.3 Å². The first kappa shape index (κ1) is 13.8. The van der Waals surface area contributed by atoms with E-state index in [1.54, 1.807) is 24.5 Å². The van der Waals surface area contributed by atoms with Crippen LogP contribution in [0.3, 0.4) is 0 Å². The van der Waals surface area contributed by atoms with Crippen LogP contribution in [-0.4, -0.2) is 49.3 Å². The van der Waals surface area contributed by atoms with Crippen molar-refractivity contribution in [3.8, 4) is 0 Å². The lowest BCUT2D eigenvalue weighted by atomic mass is 10.1. The standard InChI is InChI=1S/C15H19NO3S/c1-18-13-6-5-12-15(13)19-9-8-16(12)14(17)7-4-11-3-2-10-20-11/h2-4,7,10,12-13,15H,5-6,8-9H2,1H3/b7-4+/t12-,13-,15-/m1/s1. The smallest absolute Gasteiger partial charge is 0.247 e. The van der Waals surface area contributed by atoms with E-state index in [1.807, 2.05) is 28.5 Å². The third kappa shape index (κ3) is 2.66. The van der Waals surface area contributed by atoms with Crippen LogP contribution in [0, 0.1) is 0 Å². The van der Waals surface area contributed by atoms with Crippen molar-refractivity contribution in [2.45, 2.75) is 31.1 Å². The highest BCUT2D eigenvalue weighted by molar-refractivity contribution is 7.10. The number of thiophene rings is 1. The van der Waals surface area contributed by atoms with Gasteiger partial charge in [0.25, 0.3) is 0 Å². The monoisotopic (exact) mass is 293 g/mol. The molecule has 20 heavy (non-hydrogen) atoms. The summed E-state index contributed by atoms with van der Waals surface area (Å²) in [5.41, 5.74) is 0. The lowest BCUT2D eigenvalue weighted by molar-refractivity contribution is -0.145. The van der Waals surface area contributed by atoms with E-state index < -0.39 is 0 Å². The Hall–Kier alpha value is -1.17. The van der Waals surface area contributed by atoms with Crippen LogP contribution < -0.4 is 0 Å². The molecule has 2 heterocycles. The molecule has 0 radical (unpaired) electrons. The number of amides is 1. The fraction of sp³-hybridized carbons (Fsp3) is 0.533. The van der Waals surface area contributed by atoms with Crippen molar-refractivity contribution in [3.63, 3.8) is 0 Å². The van der Waals surface area contributed by atoms with Crippen molar-refractivity contribution in [1.29, 1.82) is 0 Å². The highest BCUT2D eigenvalue weighted by Gasteiger charge is 2.44. The van der Waals surface area contributed by atoms with Gasteiger partial charge in [-0.25, -0.2) is 0 Å². The number of fused-ring (bicyclic) bond motifs is 1. The quantitative estimate of drug-likeness (QED) is 0.802. The lowest BCUT2D eigenvalue weighted by Gasteiger charge is -2.38. The number of hydrogen-bond acceptors (Lipinski definition) is 4. The average Bonchev–Trinajstić information content (AvgIpc) is 3.13. The number of carbonyl (C=O) groups is 1. The van der Waals surface area contributed by atoms with E-state index in [2.05, 4.69) is 0 Å². The summed E-state index contributed by atoms with van der Waals surface area (Å²) in [6, 6.07) is 4.15. The van der Waals surface area contributed by atoms with Gasteiger partial charge in [-0.05, 0) is 30.4 Å². The largest absolute Gasteiger partial charge is 0.379 e. The van der Waals surface area contributed by atoms with E-state index in [9.17, 15) is 4.79 Å². The molecule has 108 valence electrons. The summed E-state index contributed by atoms with van der Waals surface area (Å²) in [7, 11) is 1.72. The molecule has 5 heteroatoms. The molecule has 3 rings (SSSR count). The Kier molecular flexibility index (Phi) is 4.19. The maximum atomic E-state index is 12.4. The minimum atomic E-state index is 0.0350. The van der Waals surface area contributed by atoms with Crippen molar-refractivity contribution in [3.05, 3.63) is 28.5 Å². The molecule has 1 aliphatic carbocycles. The molecular formula is C15H19NO3S. The molecule has 1 aromatic rings. The van der Waals surface area contributed by atoms with Crippen molar-refractivity contribution >= 4 is 23.3 Å². The van der Waals surface area contributed by atoms with Gasteiger partial charge in [0.1, 0.15) is 6.10 Å². The molecule has 1 aliphatic heterocycles. The van der Waals surface area contributed by atoms with Crippen molar-refractivity contribution < 1.29 is 14.3 Å². The van der Waals surface area contributed by atoms with E-state index in [1.165, 1.54) is 0 Å². The van der Waals surface area contributed by atoms with Crippen LogP contribution >= 0.6 is 11.3 Å². The molecule has 1 saturated carbocycles. The fourth-order valence-corrected chi connectivity index (χ4v) is 3.69. The van der Waals surface area contributed by atoms with Gasteiger partial charge in [-0.15, -0.1) is 11.3 Å². The molecule has 2 fully saturated rings. The molecule has 4 nitrogen and oxygen atoms in total. The Bertz CT molecular complexity index is 485. The number of methoxy groups -OCH3 is 1. The van der Waals surface area contributed by atoms with Gasteiger partial charge in [-0.1, -0.05) is 6.07 Å². The summed E-state index contributed by atoms with van der Waals surface area (Å²) < 4.78 is 11.2. The number of nitrogens with zero attached hydrogens (tertiary/aromatic N) is 1. The summed E-state index contributed by atoms with van der Waals surface area (Å²) in [5, 5.41) is 2.01. The van der Waals surface area contributed by atoms with E-state index >= 15 is 0 Å². The highest BCUT2D eigenvalue weighted by atomic mass is 32.1. The lowest BCUT2D eigenvalue weighted by Crippen LogP contribution is -2.53. The second-order valence-electron chi connectivity index (χ2n) is 5.13. The van der Waals surface area contributed by atoms with Gasteiger partial charge in [0.2, 0.25) is 5.91 Å². The first-order chi connectivity index (χ1) is 9.79. The van der Waals surface area contributed by atoms with E-state index in [-0.39, 0.29) is 24.2 Å². The predicted molar refractivity (Wildman–Crippen MR) is 78.6 cm³/mol. The van der Waals surface area contributed by atoms with Crippen LogP contribution in [0.15, 0.2) is 23.6 Å². The number of rotatable bonds is 3. The van der Waals surface area contributed by atoms with E-state index in [4.69, 9.17) is 9.47 Å². The normalized spacial score (nSPS) is 29.9. The first-order valence-electron chi connectivity index (χ1n) is 6.96. The van der Waals surface area contributed by atoms with E-state index in [0.29, 0.717) is 13.2 Å². The zero-order valence-electron chi connectivity index (χ0n) is 11.5. The zero-order valence-corrected chi connectivity index (χ0v) is 12.3. The van der Waals surface area contributed by atoms with Crippen LogP contribution in [0.5, 0.6) is 0 Å². The van der Waals surface area contributed by atoms with Crippen LogP contribution in [0.4, 0.5) is 0 Å². The molecule has 2 aliphatic rings. The molecule has 0 spiro atoms. The van der Waals surface area contributed by atoms with Crippen molar-refractivity contribution in [1.82, 2.24) is 4.90 Å². The molecule has 0 bridgehead atoms. The molecule has 0 N–H and O–H groups in total. The minimum Gasteiger partial charge on any atom is -0.379 e. The van der Waals surface area contributed by atoms with Gasteiger partial charge in [0.15, 0.2) is 0 Å². The molecule has 1 amide bonds. The van der Waals surface area contributed by atoms with Gasteiger partial charge >= 0.3 is 0 Å². The summed E-state index contributed by atoms with van der Waals surface area (Å²) in [5.74, 6) is 0.0773. The Labute approximate surface area is 123 Å². The summed E-state index contributed by atoms with van der Waals surface area (Å²) in [4.78, 5) is 15.4. The summed E-state index contributed by atoms with van der Waals surface area (Å²) >= 11 is 1.63. The third-order valence-electron chi connectivity index (χ3n) is 4.05. The summed E-state index contributed by atoms with van der Waals surface area (Å²) in [6.07, 6.45) is 5.64. The fourth-order valence-electron chi connectivity index (χ4n) is 3.08. The van der Waals surface area contributed by atoms with Crippen LogP contribution in [-0.2, 0) is 14.3 Å². The maximum absolute atomic E-state index is 12.4. The molecule has 1 aromatic heterocycles. The zero-order chi connectivity index (χ0) is 13.9. The second kappa shape index (κ2) is 6.08. The van der Waals surface area contributed by atoms with Gasteiger partial charge in [-0.2, -0.15) is 0 Å². The number of morpholine rings is 1. The molecular weight excluding hydrogens is 274 g/mol.